The topological polar surface area (TPSA) is 32.3 Å². The average molecular weight is 341 g/mol. The van der Waals surface area contributed by atoms with Crippen LogP contribution in [-0.2, 0) is 11.3 Å². The summed E-state index contributed by atoms with van der Waals surface area (Å²) in [4.78, 5) is 14.0. The molecule has 0 radical (unpaired) electrons. The molecular formula is C18H26ClFN2O. The lowest BCUT2D eigenvalue weighted by Gasteiger charge is -2.35. The summed E-state index contributed by atoms with van der Waals surface area (Å²) >= 11 is 6.03. The molecule has 1 aromatic carbocycles. The van der Waals surface area contributed by atoms with Crippen LogP contribution in [0.3, 0.4) is 0 Å². The number of likely N-dealkylation sites (N-methyl/N-ethyl adjacent to an activating group) is 1. The lowest BCUT2D eigenvalue weighted by atomic mass is 9.78. The minimum Gasteiger partial charge on any atom is -0.352 e. The van der Waals surface area contributed by atoms with Crippen LogP contribution in [0, 0.1) is 17.7 Å². The summed E-state index contributed by atoms with van der Waals surface area (Å²) in [6.45, 7) is 5.00. The van der Waals surface area contributed by atoms with Gasteiger partial charge in [-0.05, 0) is 37.4 Å². The number of carbonyl (C=O) groups is 1. The van der Waals surface area contributed by atoms with Gasteiger partial charge in [-0.3, -0.25) is 9.69 Å². The van der Waals surface area contributed by atoms with E-state index in [0.29, 0.717) is 29.0 Å². The zero-order chi connectivity index (χ0) is 17.0. The molecule has 0 aromatic heterocycles. The highest BCUT2D eigenvalue weighted by molar-refractivity contribution is 6.31. The van der Waals surface area contributed by atoms with Crippen LogP contribution in [0.4, 0.5) is 4.39 Å². The minimum atomic E-state index is -0.334. The zero-order valence-electron chi connectivity index (χ0n) is 14.1. The highest BCUT2D eigenvalue weighted by atomic mass is 35.5. The van der Waals surface area contributed by atoms with E-state index in [1.165, 1.54) is 12.5 Å². The third-order valence-electron chi connectivity index (χ3n) is 4.96. The van der Waals surface area contributed by atoms with Gasteiger partial charge in [-0.15, -0.1) is 0 Å². The van der Waals surface area contributed by atoms with Crippen molar-refractivity contribution in [1.82, 2.24) is 10.2 Å². The van der Waals surface area contributed by atoms with Crippen molar-refractivity contribution in [2.45, 2.75) is 45.7 Å². The molecule has 1 saturated carbocycles. The molecule has 0 spiro atoms. The van der Waals surface area contributed by atoms with Gasteiger partial charge in [-0.25, -0.2) is 4.39 Å². The molecule has 0 unspecified atom stereocenters. The third-order valence-corrected chi connectivity index (χ3v) is 5.31. The van der Waals surface area contributed by atoms with E-state index in [2.05, 4.69) is 19.2 Å². The molecule has 1 amide bonds. The number of carbonyl (C=O) groups excluding carboxylic acids is 1. The monoisotopic (exact) mass is 340 g/mol. The third kappa shape index (κ3) is 4.92. The van der Waals surface area contributed by atoms with Crippen LogP contribution in [0.1, 0.15) is 38.7 Å². The predicted octanol–water partition coefficient (Wildman–Crippen LogP) is 3.85. The Hall–Kier alpha value is -1.13. The van der Waals surface area contributed by atoms with Gasteiger partial charge >= 0.3 is 0 Å². The van der Waals surface area contributed by atoms with Crippen molar-refractivity contribution in [1.29, 1.82) is 0 Å². The Labute approximate surface area is 143 Å². The number of benzene rings is 1. The normalized spacial score (nSPS) is 24.7. The van der Waals surface area contributed by atoms with Crippen LogP contribution in [0.25, 0.3) is 0 Å². The maximum absolute atomic E-state index is 13.8. The van der Waals surface area contributed by atoms with Crippen LogP contribution >= 0.6 is 11.6 Å². The van der Waals surface area contributed by atoms with Gasteiger partial charge in [0, 0.05) is 23.2 Å². The first-order valence-electron chi connectivity index (χ1n) is 8.29. The Morgan fingerprint density at radius 2 is 2.13 bits per heavy atom. The zero-order valence-corrected chi connectivity index (χ0v) is 14.9. The Morgan fingerprint density at radius 3 is 2.83 bits per heavy atom. The van der Waals surface area contributed by atoms with Gasteiger partial charge in [0.25, 0.3) is 0 Å². The van der Waals surface area contributed by atoms with Crippen LogP contribution < -0.4 is 5.32 Å². The molecule has 23 heavy (non-hydrogen) atoms. The molecule has 1 N–H and O–H groups in total. The van der Waals surface area contributed by atoms with Crippen molar-refractivity contribution in [2.75, 3.05) is 13.6 Å². The largest absolute Gasteiger partial charge is 0.352 e. The number of rotatable bonds is 5. The first-order chi connectivity index (χ1) is 10.9. The molecule has 1 aliphatic rings. The summed E-state index contributed by atoms with van der Waals surface area (Å²) in [6, 6.07) is 4.88. The van der Waals surface area contributed by atoms with Gasteiger partial charge in [0.2, 0.25) is 5.91 Å². The summed E-state index contributed by atoms with van der Waals surface area (Å²) in [6.07, 6.45) is 3.44. The van der Waals surface area contributed by atoms with Crippen molar-refractivity contribution >= 4 is 17.5 Å². The van der Waals surface area contributed by atoms with Crippen LogP contribution in [0.15, 0.2) is 18.2 Å². The molecule has 3 atom stereocenters. The summed E-state index contributed by atoms with van der Waals surface area (Å²) in [5, 5.41) is 3.53. The van der Waals surface area contributed by atoms with E-state index in [0.717, 1.165) is 12.8 Å². The fraction of sp³-hybridized carbons (Fsp3) is 0.611. The first-order valence-corrected chi connectivity index (χ1v) is 8.67. The van der Waals surface area contributed by atoms with Gasteiger partial charge < -0.3 is 5.32 Å². The SMILES string of the molecule is C[C@@H]1[C@H](C)CCC[C@H]1NC(=O)CN(C)Cc1c(F)cccc1Cl. The summed E-state index contributed by atoms with van der Waals surface area (Å²) in [5.41, 5.74) is 0.434. The van der Waals surface area contributed by atoms with Crippen molar-refractivity contribution in [3.05, 3.63) is 34.6 Å². The minimum absolute atomic E-state index is 0.00842. The van der Waals surface area contributed by atoms with Crippen LogP contribution in [-0.4, -0.2) is 30.4 Å². The van der Waals surface area contributed by atoms with E-state index in [-0.39, 0.29) is 24.3 Å². The second kappa shape index (κ2) is 8.11. The average Bonchev–Trinajstić information content (AvgIpc) is 2.48. The van der Waals surface area contributed by atoms with Crippen molar-refractivity contribution in [2.24, 2.45) is 11.8 Å². The molecule has 1 aliphatic carbocycles. The molecule has 2 rings (SSSR count). The van der Waals surface area contributed by atoms with Gasteiger partial charge in [-0.1, -0.05) is 44.4 Å². The Balaban J connectivity index is 1.87. The van der Waals surface area contributed by atoms with Crippen molar-refractivity contribution in [3.8, 4) is 0 Å². The highest BCUT2D eigenvalue weighted by Gasteiger charge is 2.28. The van der Waals surface area contributed by atoms with Crippen molar-refractivity contribution < 1.29 is 9.18 Å². The molecule has 5 heteroatoms. The fourth-order valence-corrected chi connectivity index (χ4v) is 3.52. The summed E-state index contributed by atoms with van der Waals surface area (Å²) in [5.74, 6) is 0.799. The molecule has 0 saturated heterocycles. The molecule has 128 valence electrons. The molecular weight excluding hydrogens is 315 g/mol. The maximum atomic E-state index is 13.8. The Kier molecular flexibility index (Phi) is 6.42. The molecule has 0 heterocycles. The fourth-order valence-electron chi connectivity index (χ4n) is 3.29. The number of nitrogens with zero attached hydrogens (tertiary/aromatic N) is 1. The molecule has 0 aliphatic heterocycles. The Morgan fingerprint density at radius 1 is 1.39 bits per heavy atom. The summed E-state index contributed by atoms with van der Waals surface area (Å²) < 4.78 is 13.8. The van der Waals surface area contributed by atoms with Gasteiger partial charge in [-0.2, -0.15) is 0 Å². The first kappa shape index (κ1) is 18.2. The standard InChI is InChI=1S/C18H26ClFN2O/c1-12-6-4-9-17(13(12)2)21-18(23)11-22(3)10-14-15(19)7-5-8-16(14)20/h5,7-8,12-13,17H,4,6,9-11H2,1-3H3,(H,21,23)/t12-,13-,17-/m1/s1. The lowest BCUT2D eigenvalue weighted by molar-refractivity contribution is -0.123. The quantitative estimate of drug-likeness (QED) is 0.883. The number of halogens is 2. The predicted molar refractivity (Wildman–Crippen MR) is 91.9 cm³/mol. The summed E-state index contributed by atoms with van der Waals surface area (Å²) in [7, 11) is 1.80. The van der Waals surface area contributed by atoms with E-state index in [1.807, 2.05) is 0 Å². The van der Waals surface area contributed by atoms with Gasteiger partial charge in [0.05, 0.1) is 6.54 Å². The van der Waals surface area contributed by atoms with E-state index in [1.54, 1.807) is 24.1 Å². The van der Waals surface area contributed by atoms with E-state index >= 15 is 0 Å². The highest BCUT2D eigenvalue weighted by Crippen LogP contribution is 2.29. The molecule has 0 bridgehead atoms. The Bertz CT molecular complexity index is 532. The second-order valence-corrected chi connectivity index (χ2v) is 7.22. The van der Waals surface area contributed by atoms with Crippen molar-refractivity contribution in [3.63, 3.8) is 0 Å². The maximum Gasteiger partial charge on any atom is 0.234 e. The van der Waals surface area contributed by atoms with Gasteiger partial charge in [0.15, 0.2) is 0 Å². The smallest absolute Gasteiger partial charge is 0.234 e. The van der Waals surface area contributed by atoms with E-state index < -0.39 is 0 Å². The van der Waals surface area contributed by atoms with Gasteiger partial charge in [0.1, 0.15) is 5.82 Å². The van der Waals surface area contributed by atoms with Crippen LogP contribution in [0.2, 0.25) is 5.02 Å². The molecule has 1 aromatic rings. The molecule has 3 nitrogen and oxygen atoms in total. The van der Waals surface area contributed by atoms with E-state index in [4.69, 9.17) is 11.6 Å². The van der Waals surface area contributed by atoms with E-state index in [9.17, 15) is 9.18 Å². The number of hydrogen-bond acceptors (Lipinski definition) is 2. The number of amides is 1. The number of hydrogen-bond donors (Lipinski definition) is 1. The lowest BCUT2D eigenvalue weighted by Crippen LogP contribution is -2.46. The van der Waals surface area contributed by atoms with Crippen LogP contribution in [0.5, 0.6) is 0 Å². The number of nitrogens with one attached hydrogen (secondary N) is 1. The second-order valence-electron chi connectivity index (χ2n) is 6.81. The molecule has 1 fully saturated rings.